The van der Waals surface area contributed by atoms with E-state index >= 15 is 0 Å². The topological polar surface area (TPSA) is 65.1 Å². The highest BCUT2D eigenvalue weighted by Gasteiger charge is 2.18. The summed E-state index contributed by atoms with van der Waals surface area (Å²) in [5, 5.41) is 4.76. The predicted molar refractivity (Wildman–Crippen MR) is 59.5 cm³/mol. The Balaban J connectivity index is 2.84. The van der Waals surface area contributed by atoms with E-state index in [0.29, 0.717) is 18.2 Å². The highest BCUT2D eigenvalue weighted by Crippen LogP contribution is 2.22. The summed E-state index contributed by atoms with van der Waals surface area (Å²) in [6.07, 6.45) is 1.62. The third-order valence-corrected chi connectivity index (χ3v) is 2.44. The number of aryl methyl sites for hydroxylation is 1. The number of ether oxygens (including phenoxy) is 1. The summed E-state index contributed by atoms with van der Waals surface area (Å²) in [7, 11) is 0. The number of aromatic nitrogens is 2. The molecule has 1 atom stereocenters. The van der Waals surface area contributed by atoms with E-state index in [0.717, 1.165) is 12.2 Å². The second kappa shape index (κ2) is 6.07. The maximum Gasteiger partial charge on any atom is 0.0877 e. The van der Waals surface area contributed by atoms with Crippen LogP contribution in [0.5, 0.6) is 0 Å². The van der Waals surface area contributed by atoms with Gasteiger partial charge >= 0.3 is 0 Å². The molecule has 0 bridgehead atoms. The van der Waals surface area contributed by atoms with Crippen LogP contribution in [0.15, 0.2) is 6.20 Å². The fraction of sp³-hybridized carbons (Fsp3) is 0.667. The molecule has 1 aromatic rings. The molecule has 86 valence electrons. The first-order valence-electron chi connectivity index (χ1n) is 4.99. The lowest BCUT2D eigenvalue weighted by molar-refractivity contribution is 0.120. The van der Waals surface area contributed by atoms with Crippen molar-refractivity contribution in [1.82, 2.24) is 15.2 Å². The van der Waals surface area contributed by atoms with Crippen LogP contribution in [0.3, 0.4) is 0 Å². The number of hydrazine groups is 1. The van der Waals surface area contributed by atoms with Gasteiger partial charge in [-0.15, -0.1) is 0 Å². The van der Waals surface area contributed by atoms with E-state index in [2.05, 4.69) is 10.5 Å². The van der Waals surface area contributed by atoms with Crippen LogP contribution in [0.4, 0.5) is 0 Å². The molecule has 1 rings (SSSR count). The van der Waals surface area contributed by atoms with Crippen LogP contribution < -0.4 is 11.3 Å². The van der Waals surface area contributed by atoms with Crippen LogP contribution >= 0.6 is 11.6 Å². The van der Waals surface area contributed by atoms with Crippen molar-refractivity contribution in [2.45, 2.75) is 26.4 Å². The van der Waals surface area contributed by atoms with Crippen molar-refractivity contribution < 1.29 is 4.74 Å². The molecule has 1 heterocycles. The largest absolute Gasteiger partial charge is 0.380 e. The fourth-order valence-corrected chi connectivity index (χ4v) is 1.68. The Kier molecular flexibility index (Phi) is 5.04. The molecule has 0 saturated heterocycles. The Morgan fingerprint density at radius 3 is 2.93 bits per heavy atom. The van der Waals surface area contributed by atoms with Crippen LogP contribution in [0, 0.1) is 0 Å². The first kappa shape index (κ1) is 12.4. The number of halogens is 1. The van der Waals surface area contributed by atoms with Gasteiger partial charge < -0.3 is 4.74 Å². The smallest absolute Gasteiger partial charge is 0.0877 e. The molecule has 15 heavy (non-hydrogen) atoms. The second-order valence-electron chi connectivity index (χ2n) is 3.07. The van der Waals surface area contributed by atoms with Crippen molar-refractivity contribution >= 4 is 11.6 Å². The summed E-state index contributed by atoms with van der Waals surface area (Å²) in [4.78, 5) is 0. The molecule has 0 aliphatic carbocycles. The van der Waals surface area contributed by atoms with Crippen LogP contribution in [0.25, 0.3) is 0 Å². The van der Waals surface area contributed by atoms with Gasteiger partial charge in [0.1, 0.15) is 0 Å². The van der Waals surface area contributed by atoms with E-state index in [-0.39, 0.29) is 6.04 Å². The molecule has 0 amide bonds. The Labute approximate surface area is 94.5 Å². The van der Waals surface area contributed by atoms with Gasteiger partial charge in [0.05, 0.1) is 29.6 Å². The van der Waals surface area contributed by atoms with Crippen LogP contribution in [0.2, 0.25) is 5.02 Å². The maximum absolute atomic E-state index is 6.04. The molecule has 1 aromatic heterocycles. The maximum atomic E-state index is 6.04. The number of nitrogens with zero attached hydrogens (tertiary/aromatic N) is 2. The zero-order valence-corrected chi connectivity index (χ0v) is 9.79. The Hall–Kier alpha value is -0.620. The lowest BCUT2D eigenvalue weighted by atomic mass is 10.2. The molecule has 0 aromatic carbocycles. The van der Waals surface area contributed by atoms with Crippen molar-refractivity contribution in [1.29, 1.82) is 0 Å². The molecule has 3 N–H and O–H groups in total. The van der Waals surface area contributed by atoms with Crippen LogP contribution in [0.1, 0.15) is 25.6 Å². The fourth-order valence-electron chi connectivity index (χ4n) is 1.41. The monoisotopic (exact) mass is 232 g/mol. The summed E-state index contributed by atoms with van der Waals surface area (Å²) in [6.45, 7) is 5.83. The summed E-state index contributed by atoms with van der Waals surface area (Å²) in [6, 6.07) is -0.125. The minimum Gasteiger partial charge on any atom is -0.380 e. The molecule has 0 spiro atoms. The molecule has 5 nitrogen and oxygen atoms in total. The standard InChI is InChI=1S/C9H17ClN4O/c1-3-14-9(7(10)5-12-14)8(13-11)6-15-4-2/h5,8,13H,3-4,6,11H2,1-2H3. The summed E-state index contributed by atoms with van der Waals surface area (Å²) < 4.78 is 7.13. The van der Waals surface area contributed by atoms with E-state index in [4.69, 9.17) is 22.2 Å². The quantitative estimate of drug-likeness (QED) is 0.570. The van der Waals surface area contributed by atoms with Gasteiger partial charge in [0.2, 0.25) is 0 Å². The molecular formula is C9H17ClN4O. The number of nitrogens with one attached hydrogen (secondary N) is 1. The Bertz CT molecular complexity index is 302. The summed E-state index contributed by atoms with van der Waals surface area (Å²) in [5.74, 6) is 5.47. The van der Waals surface area contributed by atoms with E-state index in [1.807, 2.05) is 18.5 Å². The van der Waals surface area contributed by atoms with Gasteiger partial charge in [-0.1, -0.05) is 11.6 Å². The van der Waals surface area contributed by atoms with Gasteiger partial charge in [0, 0.05) is 13.2 Å². The average molecular weight is 233 g/mol. The van der Waals surface area contributed by atoms with Crippen LogP contribution in [-0.2, 0) is 11.3 Å². The Morgan fingerprint density at radius 1 is 1.67 bits per heavy atom. The Morgan fingerprint density at radius 2 is 2.40 bits per heavy atom. The lowest BCUT2D eigenvalue weighted by Gasteiger charge is -2.17. The van der Waals surface area contributed by atoms with Crippen molar-refractivity contribution in [3.05, 3.63) is 16.9 Å². The number of hydrogen-bond donors (Lipinski definition) is 2. The summed E-state index contributed by atoms with van der Waals surface area (Å²) >= 11 is 6.04. The van der Waals surface area contributed by atoms with Gasteiger partial charge in [-0.2, -0.15) is 5.10 Å². The highest BCUT2D eigenvalue weighted by molar-refractivity contribution is 6.31. The number of nitrogens with two attached hydrogens (primary N) is 1. The molecule has 0 radical (unpaired) electrons. The number of rotatable bonds is 6. The molecule has 0 saturated carbocycles. The average Bonchev–Trinajstić information content (AvgIpc) is 2.62. The zero-order valence-electron chi connectivity index (χ0n) is 9.03. The van der Waals surface area contributed by atoms with Crippen molar-refractivity contribution in [2.24, 2.45) is 5.84 Å². The molecule has 1 unspecified atom stereocenters. The van der Waals surface area contributed by atoms with E-state index in [1.165, 1.54) is 0 Å². The van der Waals surface area contributed by atoms with Gasteiger partial charge in [-0.05, 0) is 13.8 Å². The summed E-state index contributed by atoms with van der Waals surface area (Å²) in [5.41, 5.74) is 3.56. The minimum absolute atomic E-state index is 0.125. The number of hydrogen-bond acceptors (Lipinski definition) is 4. The van der Waals surface area contributed by atoms with Crippen molar-refractivity contribution in [3.8, 4) is 0 Å². The van der Waals surface area contributed by atoms with Gasteiger partial charge in [-0.25, -0.2) is 5.43 Å². The third-order valence-electron chi connectivity index (χ3n) is 2.15. The second-order valence-corrected chi connectivity index (χ2v) is 3.48. The molecule has 0 aliphatic heterocycles. The predicted octanol–water partition coefficient (Wildman–Crippen LogP) is 1.10. The molecular weight excluding hydrogens is 216 g/mol. The van der Waals surface area contributed by atoms with E-state index < -0.39 is 0 Å². The SMILES string of the molecule is CCOCC(NN)c1c(Cl)cnn1CC. The van der Waals surface area contributed by atoms with E-state index in [9.17, 15) is 0 Å². The van der Waals surface area contributed by atoms with Gasteiger partial charge in [0.25, 0.3) is 0 Å². The van der Waals surface area contributed by atoms with E-state index in [1.54, 1.807) is 6.20 Å². The zero-order chi connectivity index (χ0) is 11.3. The van der Waals surface area contributed by atoms with Crippen molar-refractivity contribution in [3.63, 3.8) is 0 Å². The lowest BCUT2D eigenvalue weighted by Crippen LogP contribution is -2.33. The van der Waals surface area contributed by atoms with Crippen LogP contribution in [-0.4, -0.2) is 23.0 Å². The highest BCUT2D eigenvalue weighted by atomic mass is 35.5. The normalized spacial score (nSPS) is 13.1. The molecule has 6 heteroatoms. The van der Waals surface area contributed by atoms with Gasteiger partial charge in [0.15, 0.2) is 0 Å². The molecule has 0 aliphatic rings. The minimum atomic E-state index is -0.125. The molecule has 0 fully saturated rings. The van der Waals surface area contributed by atoms with Crippen molar-refractivity contribution in [2.75, 3.05) is 13.2 Å². The third kappa shape index (κ3) is 2.92. The van der Waals surface area contributed by atoms with Gasteiger partial charge in [-0.3, -0.25) is 10.5 Å². The first-order valence-corrected chi connectivity index (χ1v) is 5.37. The first-order chi connectivity index (χ1) is 7.24.